The van der Waals surface area contributed by atoms with Gasteiger partial charge in [-0.05, 0) is 24.1 Å². The van der Waals surface area contributed by atoms with Gasteiger partial charge in [0.25, 0.3) is 0 Å². The molecule has 3 atom stereocenters. The van der Waals surface area contributed by atoms with Crippen molar-refractivity contribution in [3.8, 4) is 0 Å². The van der Waals surface area contributed by atoms with E-state index in [0.29, 0.717) is 49.6 Å². The summed E-state index contributed by atoms with van der Waals surface area (Å²) in [5, 5.41) is 7.00. The van der Waals surface area contributed by atoms with Crippen LogP contribution in [0.5, 0.6) is 0 Å². The molecule has 10 heteroatoms. The van der Waals surface area contributed by atoms with Gasteiger partial charge in [0.05, 0.1) is 5.92 Å². The SMILES string of the molecule is CC(C)NC[C@@H](C(=O)N1CCN(c2ncnc3c2[C@H]2C[C@H]2C(=O)N3)CC1)c1ccc(Cl)cc1.Cl. The lowest BCUT2D eigenvalue weighted by Gasteiger charge is -2.38. The number of anilines is 2. The van der Waals surface area contributed by atoms with Gasteiger partial charge in [0, 0.05) is 61.2 Å². The molecule has 0 bridgehead atoms. The summed E-state index contributed by atoms with van der Waals surface area (Å²) in [6, 6.07) is 7.85. The maximum atomic E-state index is 13.5. The Balaban J connectivity index is 0.00000274. The van der Waals surface area contributed by atoms with E-state index in [-0.39, 0.29) is 42.0 Å². The number of piperazine rings is 1. The van der Waals surface area contributed by atoms with Crippen molar-refractivity contribution in [3.05, 3.63) is 46.7 Å². The Morgan fingerprint density at radius 1 is 1.15 bits per heavy atom. The van der Waals surface area contributed by atoms with Crippen molar-refractivity contribution in [2.45, 2.75) is 38.1 Å². The molecule has 3 aliphatic rings. The molecule has 0 unspecified atom stereocenters. The average molecular weight is 505 g/mol. The summed E-state index contributed by atoms with van der Waals surface area (Å²) in [4.78, 5) is 38.6. The van der Waals surface area contributed by atoms with Crippen LogP contribution in [0.4, 0.5) is 11.6 Å². The van der Waals surface area contributed by atoms with E-state index in [4.69, 9.17) is 11.6 Å². The number of amides is 2. The second-order valence-corrected chi connectivity index (χ2v) is 9.81. The van der Waals surface area contributed by atoms with Gasteiger partial charge in [-0.15, -0.1) is 12.4 Å². The summed E-state index contributed by atoms with van der Waals surface area (Å²) < 4.78 is 0. The molecule has 182 valence electrons. The number of hydrogen-bond donors (Lipinski definition) is 2. The lowest BCUT2D eigenvalue weighted by atomic mass is 9.96. The number of benzene rings is 1. The molecule has 1 aliphatic carbocycles. The molecule has 1 aromatic heterocycles. The normalized spacial score (nSPS) is 21.8. The summed E-state index contributed by atoms with van der Waals surface area (Å²) in [6.07, 6.45) is 2.38. The van der Waals surface area contributed by atoms with Gasteiger partial charge in [0.2, 0.25) is 11.8 Å². The Labute approximate surface area is 210 Å². The van der Waals surface area contributed by atoms with Gasteiger partial charge in [0.1, 0.15) is 18.0 Å². The molecule has 2 aliphatic heterocycles. The third-order valence-electron chi connectivity index (χ3n) is 6.79. The first-order valence-corrected chi connectivity index (χ1v) is 12.0. The Hall–Kier alpha value is -2.42. The number of carbonyl (C=O) groups excluding carboxylic acids is 2. The molecule has 2 aromatic rings. The van der Waals surface area contributed by atoms with Gasteiger partial charge in [-0.1, -0.05) is 37.6 Å². The predicted molar refractivity (Wildman–Crippen MR) is 135 cm³/mol. The van der Waals surface area contributed by atoms with E-state index in [1.165, 1.54) is 6.33 Å². The van der Waals surface area contributed by atoms with E-state index in [0.717, 1.165) is 23.4 Å². The van der Waals surface area contributed by atoms with E-state index in [1.54, 1.807) is 0 Å². The number of nitrogens with zero attached hydrogens (tertiary/aromatic N) is 4. The number of carbonyl (C=O) groups is 2. The zero-order valence-electron chi connectivity index (χ0n) is 19.3. The van der Waals surface area contributed by atoms with Crippen LogP contribution in [0, 0.1) is 5.92 Å². The van der Waals surface area contributed by atoms with Crippen LogP contribution in [0.2, 0.25) is 5.02 Å². The molecule has 1 saturated heterocycles. The van der Waals surface area contributed by atoms with Crippen LogP contribution >= 0.6 is 24.0 Å². The zero-order valence-corrected chi connectivity index (χ0v) is 20.9. The minimum absolute atomic E-state index is 0. The van der Waals surface area contributed by atoms with Gasteiger partial charge in [-0.2, -0.15) is 0 Å². The summed E-state index contributed by atoms with van der Waals surface area (Å²) in [7, 11) is 0. The number of halogens is 2. The molecular formula is C24H30Cl2N6O2. The first kappa shape index (κ1) is 24.7. The fraction of sp³-hybridized carbons (Fsp3) is 0.500. The van der Waals surface area contributed by atoms with Crippen LogP contribution in [-0.2, 0) is 9.59 Å². The standard InChI is InChI=1S/C24H29ClN6O2.ClH/c1-14(2)26-12-19(15-3-5-16(25)6-4-15)24(33)31-9-7-30(8-10-31)22-20-17-11-18(17)23(32)29-21(20)27-13-28-22;/h3-6,13-14,17-19,26H,7-12H2,1-2H3,(H,27,28,29,32);1H/t17-,18+,19+;/m0./s1. The van der Waals surface area contributed by atoms with Crippen molar-refractivity contribution in [2.75, 3.05) is 42.9 Å². The van der Waals surface area contributed by atoms with Crippen LogP contribution in [0.3, 0.4) is 0 Å². The molecule has 1 saturated carbocycles. The molecule has 2 N–H and O–H groups in total. The smallest absolute Gasteiger partial charge is 0.231 e. The summed E-state index contributed by atoms with van der Waals surface area (Å²) >= 11 is 6.07. The van der Waals surface area contributed by atoms with Gasteiger partial charge in [0.15, 0.2) is 0 Å². The first-order valence-electron chi connectivity index (χ1n) is 11.6. The van der Waals surface area contributed by atoms with Gasteiger partial charge < -0.3 is 20.4 Å². The van der Waals surface area contributed by atoms with E-state index < -0.39 is 0 Å². The number of fused-ring (bicyclic) bond motifs is 3. The second-order valence-electron chi connectivity index (χ2n) is 9.38. The molecule has 2 amide bonds. The second kappa shape index (κ2) is 10.1. The molecule has 2 fully saturated rings. The van der Waals surface area contributed by atoms with E-state index >= 15 is 0 Å². The highest BCUT2D eigenvalue weighted by molar-refractivity contribution is 6.30. The van der Waals surface area contributed by atoms with Crippen LogP contribution in [-0.4, -0.2) is 65.4 Å². The predicted octanol–water partition coefficient (Wildman–Crippen LogP) is 3.04. The van der Waals surface area contributed by atoms with Crippen molar-refractivity contribution in [1.29, 1.82) is 0 Å². The van der Waals surface area contributed by atoms with Gasteiger partial charge in [-0.3, -0.25) is 9.59 Å². The van der Waals surface area contributed by atoms with Crippen molar-refractivity contribution in [3.63, 3.8) is 0 Å². The lowest BCUT2D eigenvalue weighted by molar-refractivity contribution is -0.133. The molecule has 8 nitrogen and oxygen atoms in total. The zero-order chi connectivity index (χ0) is 23.1. The van der Waals surface area contributed by atoms with Crippen LogP contribution in [0.15, 0.2) is 30.6 Å². The fourth-order valence-corrected chi connectivity index (χ4v) is 4.97. The monoisotopic (exact) mass is 504 g/mol. The van der Waals surface area contributed by atoms with Crippen molar-refractivity contribution in [1.82, 2.24) is 20.2 Å². The summed E-state index contributed by atoms with van der Waals surface area (Å²) in [6.45, 7) is 7.40. The molecule has 3 heterocycles. The topological polar surface area (TPSA) is 90.5 Å². The maximum absolute atomic E-state index is 13.5. The summed E-state index contributed by atoms with van der Waals surface area (Å²) in [5.74, 6) is 1.76. The minimum Gasteiger partial charge on any atom is -0.353 e. The highest BCUT2D eigenvalue weighted by Crippen LogP contribution is 2.55. The van der Waals surface area contributed by atoms with Crippen LogP contribution in [0.25, 0.3) is 0 Å². The van der Waals surface area contributed by atoms with Crippen LogP contribution < -0.4 is 15.5 Å². The number of aromatic nitrogens is 2. The molecule has 0 spiro atoms. The highest BCUT2D eigenvalue weighted by Gasteiger charge is 2.51. The quantitative estimate of drug-likeness (QED) is 0.628. The molecule has 5 rings (SSSR count). The van der Waals surface area contributed by atoms with E-state index in [2.05, 4.69) is 39.3 Å². The lowest BCUT2D eigenvalue weighted by Crippen LogP contribution is -2.51. The molecule has 0 radical (unpaired) electrons. The molecule has 34 heavy (non-hydrogen) atoms. The Morgan fingerprint density at radius 2 is 1.85 bits per heavy atom. The van der Waals surface area contributed by atoms with Crippen molar-refractivity contribution >= 4 is 47.5 Å². The highest BCUT2D eigenvalue weighted by atomic mass is 35.5. The van der Waals surface area contributed by atoms with E-state index in [9.17, 15) is 9.59 Å². The Kier molecular flexibility index (Phi) is 7.31. The largest absolute Gasteiger partial charge is 0.353 e. The van der Waals surface area contributed by atoms with Gasteiger partial charge in [-0.25, -0.2) is 9.97 Å². The van der Waals surface area contributed by atoms with Crippen molar-refractivity contribution < 1.29 is 9.59 Å². The number of hydrogen-bond acceptors (Lipinski definition) is 6. The fourth-order valence-electron chi connectivity index (χ4n) is 4.85. The Morgan fingerprint density at radius 3 is 2.53 bits per heavy atom. The Bertz CT molecular complexity index is 1060. The maximum Gasteiger partial charge on any atom is 0.231 e. The summed E-state index contributed by atoms with van der Waals surface area (Å²) in [5.41, 5.74) is 2.03. The minimum atomic E-state index is -0.259. The van der Waals surface area contributed by atoms with E-state index in [1.807, 2.05) is 29.2 Å². The molecular weight excluding hydrogens is 475 g/mol. The third-order valence-corrected chi connectivity index (χ3v) is 7.05. The van der Waals surface area contributed by atoms with Gasteiger partial charge >= 0.3 is 0 Å². The van der Waals surface area contributed by atoms with Crippen LogP contribution in [0.1, 0.15) is 43.2 Å². The number of rotatable bonds is 6. The first-order chi connectivity index (χ1) is 15.9. The molecule has 1 aromatic carbocycles. The average Bonchev–Trinajstić information content (AvgIpc) is 3.62. The van der Waals surface area contributed by atoms with Crippen molar-refractivity contribution in [2.24, 2.45) is 5.92 Å². The third kappa shape index (κ3) is 4.85. The number of nitrogens with one attached hydrogen (secondary N) is 2.